The summed E-state index contributed by atoms with van der Waals surface area (Å²) in [6.45, 7) is 4.90. The van der Waals surface area contributed by atoms with E-state index in [1.807, 2.05) is 37.3 Å². The molecule has 1 unspecified atom stereocenters. The summed E-state index contributed by atoms with van der Waals surface area (Å²) in [6.07, 6.45) is 0.995. The number of hydrogen-bond acceptors (Lipinski definition) is 6. The van der Waals surface area contributed by atoms with Gasteiger partial charge in [0.2, 0.25) is 11.8 Å². The number of hydrogen-bond donors (Lipinski definition) is 3. The van der Waals surface area contributed by atoms with Crippen molar-refractivity contribution < 1.29 is 28.7 Å². The topological polar surface area (TPSA) is 131 Å². The number of carbonyl (C=O) groups excluding carboxylic acids is 5. The van der Waals surface area contributed by atoms with Crippen molar-refractivity contribution in [2.45, 2.75) is 58.2 Å². The summed E-state index contributed by atoms with van der Waals surface area (Å²) in [4.78, 5) is 62.8. The fraction of sp³-hybridized carbons (Fsp3) is 0.370. The maximum Gasteiger partial charge on any atom is 0.376 e. The third kappa shape index (κ3) is 8.65. The Morgan fingerprint density at radius 1 is 0.778 bits per heavy atom. The maximum absolute atomic E-state index is 13.1. The molecule has 9 nitrogen and oxygen atoms in total. The summed E-state index contributed by atoms with van der Waals surface area (Å²) >= 11 is 0. The summed E-state index contributed by atoms with van der Waals surface area (Å²) in [7, 11) is 0. The lowest BCUT2D eigenvalue weighted by atomic mass is 10.0. The molecule has 0 heterocycles. The fourth-order valence-corrected chi connectivity index (χ4v) is 3.47. The standard InChI is InChI=1S/C27H33N3O6/c1-4-12-21(23(31)27(35)36-5-2)29-24(32)18(3)28-26(34)22(17-19-13-8-6-9-14-19)30-25(33)20-15-10-7-11-16-20/h6-11,13-16,18,21-22H,4-5,12,17H2,1-3H3,(H,28,34)(H,29,32)(H,30,33)/t18-,21?,22-/m0/s1. The van der Waals surface area contributed by atoms with Gasteiger partial charge in [-0.2, -0.15) is 0 Å². The molecule has 0 bridgehead atoms. The number of Topliss-reactive ketones (excluding diaryl/α,β-unsaturated/α-hetero) is 1. The number of benzene rings is 2. The van der Waals surface area contributed by atoms with E-state index in [1.54, 1.807) is 37.3 Å². The van der Waals surface area contributed by atoms with Crippen molar-refractivity contribution in [2.75, 3.05) is 6.61 Å². The largest absolute Gasteiger partial charge is 0.460 e. The van der Waals surface area contributed by atoms with E-state index >= 15 is 0 Å². The zero-order chi connectivity index (χ0) is 26.5. The number of ketones is 1. The van der Waals surface area contributed by atoms with Crippen LogP contribution in [0.4, 0.5) is 0 Å². The molecule has 9 heteroatoms. The first kappa shape index (κ1) is 28.2. The molecule has 0 saturated heterocycles. The molecule has 0 aliphatic rings. The van der Waals surface area contributed by atoms with Gasteiger partial charge in [0.25, 0.3) is 11.7 Å². The Bertz CT molecular complexity index is 1040. The van der Waals surface area contributed by atoms with Crippen LogP contribution in [0.25, 0.3) is 0 Å². The van der Waals surface area contributed by atoms with Crippen molar-refractivity contribution in [1.29, 1.82) is 0 Å². The molecule has 0 fully saturated rings. The van der Waals surface area contributed by atoms with Crippen molar-refractivity contribution in [3.05, 3.63) is 71.8 Å². The van der Waals surface area contributed by atoms with Crippen molar-refractivity contribution in [1.82, 2.24) is 16.0 Å². The second-order valence-corrected chi connectivity index (χ2v) is 8.25. The lowest BCUT2D eigenvalue weighted by molar-refractivity contribution is -0.154. The molecule has 2 rings (SSSR count). The number of carbonyl (C=O) groups is 5. The minimum Gasteiger partial charge on any atom is -0.460 e. The SMILES string of the molecule is CCCC(NC(=O)[C@H](C)NC(=O)[C@H](Cc1ccccc1)NC(=O)c1ccccc1)C(=O)C(=O)OCC. The normalized spacial score (nSPS) is 13.0. The molecule has 3 atom stereocenters. The average molecular weight is 496 g/mol. The lowest BCUT2D eigenvalue weighted by Crippen LogP contribution is -2.55. The predicted octanol–water partition coefficient (Wildman–Crippen LogP) is 1.95. The Hall–Kier alpha value is -4.01. The predicted molar refractivity (Wildman–Crippen MR) is 134 cm³/mol. The molecule has 2 aromatic rings. The monoisotopic (exact) mass is 495 g/mol. The van der Waals surface area contributed by atoms with Gasteiger partial charge in [-0.15, -0.1) is 0 Å². The van der Waals surface area contributed by atoms with Crippen LogP contribution in [0, 0.1) is 0 Å². The minimum absolute atomic E-state index is 0.0430. The first-order chi connectivity index (χ1) is 17.3. The molecule has 36 heavy (non-hydrogen) atoms. The Morgan fingerprint density at radius 3 is 1.97 bits per heavy atom. The van der Waals surface area contributed by atoms with E-state index in [2.05, 4.69) is 16.0 Å². The molecular weight excluding hydrogens is 462 g/mol. The highest BCUT2D eigenvalue weighted by Crippen LogP contribution is 2.07. The molecule has 0 aromatic heterocycles. The van der Waals surface area contributed by atoms with Crippen molar-refractivity contribution >= 4 is 29.5 Å². The van der Waals surface area contributed by atoms with E-state index in [1.165, 1.54) is 6.92 Å². The maximum atomic E-state index is 13.1. The zero-order valence-corrected chi connectivity index (χ0v) is 20.8. The second-order valence-electron chi connectivity index (χ2n) is 8.25. The van der Waals surface area contributed by atoms with Crippen LogP contribution < -0.4 is 16.0 Å². The van der Waals surface area contributed by atoms with Gasteiger partial charge in [-0.3, -0.25) is 19.2 Å². The summed E-state index contributed by atoms with van der Waals surface area (Å²) in [5.41, 5.74) is 1.22. The van der Waals surface area contributed by atoms with E-state index < -0.39 is 47.6 Å². The Balaban J connectivity index is 2.10. The quantitative estimate of drug-likeness (QED) is 0.288. The van der Waals surface area contributed by atoms with Crippen LogP contribution in [-0.2, 0) is 30.3 Å². The lowest BCUT2D eigenvalue weighted by Gasteiger charge is -2.23. The summed E-state index contributed by atoms with van der Waals surface area (Å²) in [5.74, 6) is -3.48. The first-order valence-corrected chi connectivity index (χ1v) is 12.0. The van der Waals surface area contributed by atoms with Gasteiger partial charge in [0.1, 0.15) is 12.1 Å². The van der Waals surface area contributed by atoms with Crippen molar-refractivity contribution in [3.63, 3.8) is 0 Å². The van der Waals surface area contributed by atoms with Gasteiger partial charge in [0.05, 0.1) is 12.6 Å². The van der Waals surface area contributed by atoms with Crippen LogP contribution in [0.5, 0.6) is 0 Å². The van der Waals surface area contributed by atoms with Crippen LogP contribution in [-0.4, -0.2) is 54.2 Å². The molecule has 192 valence electrons. The summed E-state index contributed by atoms with van der Waals surface area (Å²) < 4.78 is 4.75. The molecule has 0 radical (unpaired) electrons. The van der Waals surface area contributed by atoms with Gasteiger partial charge < -0.3 is 20.7 Å². The highest BCUT2D eigenvalue weighted by Gasteiger charge is 2.30. The van der Waals surface area contributed by atoms with Crippen LogP contribution >= 0.6 is 0 Å². The summed E-state index contributed by atoms with van der Waals surface area (Å²) in [6, 6.07) is 14.6. The molecular formula is C27H33N3O6. The van der Waals surface area contributed by atoms with E-state index in [-0.39, 0.29) is 19.4 Å². The van der Waals surface area contributed by atoms with Gasteiger partial charge >= 0.3 is 5.97 Å². The van der Waals surface area contributed by atoms with Crippen LogP contribution in [0.1, 0.15) is 49.5 Å². The van der Waals surface area contributed by atoms with Crippen LogP contribution in [0.15, 0.2) is 60.7 Å². The highest BCUT2D eigenvalue weighted by atomic mass is 16.5. The number of esters is 1. The van der Waals surface area contributed by atoms with E-state index in [4.69, 9.17) is 4.74 Å². The van der Waals surface area contributed by atoms with Crippen LogP contribution in [0.2, 0.25) is 0 Å². The van der Waals surface area contributed by atoms with Gasteiger partial charge in [-0.1, -0.05) is 61.9 Å². The third-order valence-corrected chi connectivity index (χ3v) is 5.38. The van der Waals surface area contributed by atoms with Crippen molar-refractivity contribution in [3.8, 4) is 0 Å². The molecule has 0 saturated carbocycles. The van der Waals surface area contributed by atoms with E-state index in [0.717, 1.165) is 5.56 Å². The highest BCUT2D eigenvalue weighted by molar-refractivity contribution is 6.36. The third-order valence-electron chi connectivity index (χ3n) is 5.38. The molecule has 0 spiro atoms. The molecule has 3 N–H and O–H groups in total. The minimum atomic E-state index is -1.06. The zero-order valence-electron chi connectivity index (χ0n) is 20.8. The fourth-order valence-electron chi connectivity index (χ4n) is 3.47. The average Bonchev–Trinajstić information content (AvgIpc) is 2.88. The number of rotatable bonds is 13. The summed E-state index contributed by atoms with van der Waals surface area (Å²) in [5, 5.41) is 7.87. The van der Waals surface area contributed by atoms with Crippen LogP contribution in [0.3, 0.4) is 0 Å². The number of amides is 3. The number of ether oxygens (including phenoxy) is 1. The van der Waals surface area contributed by atoms with Gasteiger partial charge in [-0.05, 0) is 38.0 Å². The Kier molecular flexibility index (Phi) is 11.3. The van der Waals surface area contributed by atoms with Gasteiger partial charge in [0.15, 0.2) is 0 Å². The first-order valence-electron chi connectivity index (χ1n) is 12.0. The molecule has 0 aliphatic heterocycles. The molecule has 0 aliphatic carbocycles. The number of nitrogens with one attached hydrogen (secondary N) is 3. The molecule has 3 amide bonds. The second kappa shape index (κ2) is 14.4. The van der Waals surface area contributed by atoms with Gasteiger partial charge in [0, 0.05) is 12.0 Å². The Labute approximate surface area is 211 Å². The van der Waals surface area contributed by atoms with E-state index in [0.29, 0.717) is 12.0 Å². The molecule has 2 aromatic carbocycles. The smallest absolute Gasteiger partial charge is 0.376 e. The van der Waals surface area contributed by atoms with Gasteiger partial charge in [-0.25, -0.2) is 4.79 Å². The Morgan fingerprint density at radius 2 is 1.39 bits per heavy atom. The van der Waals surface area contributed by atoms with E-state index in [9.17, 15) is 24.0 Å². The van der Waals surface area contributed by atoms with Crippen molar-refractivity contribution in [2.24, 2.45) is 0 Å².